The fraction of sp³-hybridized carbons (Fsp3) is 0.538. The summed E-state index contributed by atoms with van der Waals surface area (Å²) in [5.74, 6) is 0.857. The monoisotopic (exact) mass is 249 g/mol. The van der Waals surface area contributed by atoms with Gasteiger partial charge in [0, 0.05) is 5.54 Å². The first-order valence-electron chi connectivity index (χ1n) is 5.86. The van der Waals surface area contributed by atoms with Crippen molar-refractivity contribution in [1.29, 1.82) is 5.26 Å². The Morgan fingerprint density at radius 2 is 2.17 bits per heavy atom. The first-order valence-corrected chi connectivity index (χ1v) is 5.86. The number of amides is 1. The Morgan fingerprint density at radius 1 is 1.50 bits per heavy atom. The van der Waals surface area contributed by atoms with Crippen molar-refractivity contribution in [1.82, 2.24) is 10.6 Å². The number of nitriles is 1. The molecule has 0 aromatic carbocycles. The molecule has 0 bridgehead atoms. The molecule has 1 rings (SSSR count). The van der Waals surface area contributed by atoms with Gasteiger partial charge in [0.25, 0.3) is 0 Å². The highest BCUT2D eigenvalue weighted by Gasteiger charge is 2.18. The Balaban J connectivity index is 2.44. The quantitative estimate of drug-likeness (QED) is 0.848. The molecule has 5 heteroatoms. The van der Waals surface area contributed by atoms with Gasteiger partial charge in [-0.1, -0.05) is 0 Å². The second-order valence-electron chi connectivity index (χ2n) is 5.22. The van der Waals surface area contributed by atoms with Crippen molar-refractivity contribution >= 4 is 5.91 Å². The SMILES string of the molecule is CC(NCc1ccc(C#N)o1)C(=O)NC(C)(C)C. The highest BCUT2D eigenvalue weighted by atomic mass is 16.3. The van der Waals surface area contributed by atoms with E-state index in [0.29, 0.717) is 12.3 Å². The number of hydrogen-bond acceptors (Lipinski definition) is 4. The highest BCUT2D eigenvalue weighted by molar-refractivity contribution is 5.81. The largest absolute Gasteiger partial charge is 0.449 e. The van der Waals surface area contributed by atoms with E-state index in [0.717, 1.165) is 0 Å². The van der Waals surface area contributed by atoms with Gasteiger partial charge in [-0.05, 0) is 39.8 Å². The summed E-state index contributed by atoms with van der Waals surface area (Å²) in [4.78, 5) is 11.8. The van der Waals surface area contributed by atoms with E-state index < -0.39 is 0 Å². The van der Waals surface area contributed by atoms with Crippen LogP contribution in [-0.4, -0.2) is 17.5 Å². The van der Waals surface area contributed by atoms with Crippen molar-refractivity contribution in [2.24, 2.45) is 0 Å². The van der Waals surface area contributed by atoms with E-state index >= 15 is 0 Å². The third-order valence-corrected chi connectivity index (χ3v) is 2.25. The van der Waals surface area contributed by atoms with Crippen LogP contribution in [0.4, 0.5) is 0 Å². The summed E-state index contributed by atoms with van der Waals surface area (Å²) < 4.78 is 5.21. The van der Waals surface area contributed by atoms with E-state index in [2.05, 4.69) is 10.6 Å². The molecule has 0 fully saturated rings. The fourth-order valence-corrected chi connectivity index (χ4v) is 1.36. The molecule has 98 valence electrons. The summed E-state index contributed by atoms with van der Waals surface area (Å²) in [6.07, 6.45) is 0. The summed E-state index contributed by atoms with van der Waals surface area (Å²) in [6, 6.07) is 4.93. The maximum atomic E-state index is 11.8. The predicted octanol–water partition coefficient (Wildman–Crippen LogP) is 1.54. The molecule has 1 unspecified atom stereocenters. The molecule has 0 saturated carbocycles. The van der Waals surface area contributed by atoms with Gasteiger partial charge in [-0.15, -0.1) is 0 Å². The van der Waals surface area contributed by atoms with Crippen LogP contribution < -0.4 is 10.6 Å². The van der Waals surface area contributed by atoms with Gasteiger partial charge >= 0.3 is 0 Å². The summed E-state index contributed by atoms with van der Waals surface area (Å²) in [7, 11) is 0. The molecule has 0 spiro atoms. The lowest BCUT2D eigenvalue weighted by Crippen LogP contribution is -2.49. The van der Waals surface area contributed by atoms with Gasteiger partial charge in [0.05, 0.1) is 12.6 Å². The minimum absolute atomic E-state index is 0.0606. The first kappa shape index (κ1) is 14.3. The van der Waals surface area contributed by atoms with Crippen LogP contribution in [0.2, 0.25) is 0 Å². The molecule has 1 amide bonds. The molecule has 18 heavy (non-hydrogen) atoms. The van der Waals surface area contributed by atoms with Crippen LogP contribution in [0.5, 0.6) is 0 Å². The molecule has 5 nitrogen and oxygen atoms in total. The molecule has 1 aromatic heterocycles. The van der Waals surface area contributed by atoms with Gasteiger partial charge in [0.15, 0.2) is 0 Å². The van der Waals surface area contributed by atoms with Gasteiger partial charge in [0.2, 0.25) is 11.7 Å². The Kier molecular flexibility index (Phi) is 4.51. The Bertz CT molecular complexity index is 452. The van der Waals surface area contributed by atoms with Crippen LogP contribution in [0.15, 0.2) is 16.5 Å². The molecular weight excluding hydrogens is 230 g/mol. The maximum Gasteiger partial charge on any atom is 0.237 e. The molecular formula is C13H19N3O2. The molecule has 1 heterocycles. The topological polar surface area (TPSA) is 78.1 Å². The third-order valence-electron chi connectivity index (χ3n) is 2.25. The molecule has 1 aromatic rings. The zero-order valence-corrected chi connectivity index (χ0v) is 11.2. The minimum atomic E-state index is -0.320. The molecule has 0 aliphatic carbocycles. The lowest BCUT2D eigenvalue weighted by atomic mass is 10.1. The summed E-state index contributed by atoms with van der Waals surface area (Å²) in [5.41, 5.74) is -0.244. The number of carbonyl (C=O) groups excluding carboxylic acids is 1. The van der Waals surface area contributed by atoms with Gasteiger partial charge < -0.3 is 9.73 Å². The molecule has 0 radical (unpaired) electrons. The highest BCUT2D eigenvalue weighted by Crippen LogP contribution is 2.06. The second kappa shape index (κ2) is 5.69. The van der Waals surface area contributed by atoms with E-state index in [-0.39, 0.29) is 23.2 Å². The van der Waals surface area contributed by atoms with Gasteiger partial charge in [-0.25, -0.2) is 0 Å². The van der Waals surface area contributed by atoms with Gasteiger partial charge in [-0.3, -0.25) is 10.1 Å². The molecule has 1 atom stereocenters. The standard InChI is InChI=1S/C13H19N3O2/c1-9(12(17)16-13(2,3)4)15-8-11-6-5-10(7-14)18-11/h5-6,9,15H,8H2,1-4H3,(H,16,17). The second-order valence-corrected chi connectivity index (χ2v) is 5.22. The molecule has 0 aliphatic rings. The number of hydrogen-bond donors (Lipinski definition) is 2. The average Bonchev–Trinajstić information content (AvgIpc) is 2.71. The molecule has 2 N–H and O–H groups in total. The van der Waals surface area contributed by atoms with Crippen LogP contribution in [0.25, 0.3) is 0 Å². The van der Waals surface area contributed by atoms with Crippen molar-refractivity contribution in [2.45, 2.75) is 45.8 Å². The van der Waals surface area contributed by atoms with Crippen LogP contribution in [-0.2, 0) is 11.3 Å². The predicted molar refractivity (Wildman–Crippen MR) is 67.6 cm³/mol. The Labute approximate surface area is 107 Å². The number of furan rings is 1. The number of rotatable bonds is 4. The maximum absolute atomic E-state index is 11.8. The summed E-state index contributed by atoms with van der Waals surface area (Å²) >= 11 is 0. The summed E-state index contributed by atoms with van der Waals surface area (Å²) in [6.45, 7) is 8.01. The lowest BCUT2D eigenvalue weighted by molar-refractivity contribution is -0.124. The van der Waals surface area contributed by atoms with E-state index in [1.807, 2.05) is 26.8 Å². The molecule has 0 aliphatic heterocycles. The van der Waals surface area contributed by atoms with Gasteiger partial charge in [0.1, 0.15) is 11.8 Å². The Morgan fingerprint density at radius 3 is 2.67 bits per heavy atom. The number of nitrogens with zero attached hydrogens (tertiary/aromatic N) is 1. The van der Waals surface area contributed by atoms with E-state index in [4.69, 9.17) is 9.68 Å². The van der Waals surface area contributed by atoms with Crippen LogP contribution >= 0.6 is 0 Å². The smallest absolute Gasteiger partial charge is 0.237 e. The number of nitrogens with one attached hydrogen (secondary N) is 2. The van der Waals surface area contributed by atoms with Crippen molar-refractivity contribution < 1.29 is 9.21 Å². The first-order chi connectivity index (χ1) is 8.31. The van der Waals surface area contributed by atoms with Crippen molar-refractivity contribution in [3.05, 3.63) is 23.7 Å². The fourth-order valence-electron chi connectivity index (χ4n) is 1.36. The summed E-state index contributed by atoms with van der Waals surface area (Å²) in [5, 5.41) is 14.5. The zero-order chi connectivity index (χ0) is 13.8. The van der Waals surface area contributed by atoms with E-state index in [9.17, 15) is 4.79 Å². The van der Waals surface area contributed by atoms with Gasteiger partial charge in [-0.2, -0.15) is 5.26 Å². The van der Waals surface area contributed by atoms with Crippen LogP contribution in [0, 0.1) is 11.3 Å². The van der Waals surface area contributed by atoms with E-state index in [1.165, 1.54) is 0 Å². The zero-order valence-electron chi connectivity index (χ0n) is 11.2. The normalized spacial score (nSPS) is 12.8. The molecule has 0 saturated heterocycles. The van der Waals surface area contributed by atoms with Crippen molar-refractivity contribution in [3.8, 4) is 6.07 Å². The van der Waals surface area contributed by atoms with Crippen LogP contribution in [0.3, 0.4) is 0 Å². The average molecular weight is 249 g/mol. The number of carbonyl (C=O) groups is 1. The van der Waals surface area contributed by atoms with E-state index in [1.54, 1.807) is 19.1 Å². The minimum Gasteiger partial charge on any atom is -0.449 e. The van der Waals surface area contributed by atoms with Crippen molar-refractivity contribution in [2.75, 3.05) is 0 Å². The van der Waals surface area contributed by atoms with Crippen LogP contribution in [0.1, 0.15) is 39.2 Å². The third kappa shape index (κ3) is 4.60. The van der Waals surface area contributed by atoms with Crippen molar-refractivity contribution in [3.63, 3.8) is 0 Å². The lowest BCUT2D eigenvalue weighted by Gasteiger charge is -2.23. The Hall–Kier alpha value is -1.80.